The van der Waals surface area contributed by atoms with E-state index in [4.69, 9.17) is 5.11 Å². The van der Waals surface area contributed by atoms with Gasteiger partial charge in [-0.1, -0.05) is 6.92 Å². The van der Waals surface area contributed by atoms with Gasteiger partial charge in [-0.25, -0.2) is 9.37 Å². The highest BCUT2D eigenvalue weighted by Gasteiger charge is 2.08. The molecule has 2 rings (SSSR count). The van der Waals surface area contributed by atoms with Crippen LogP contribution in [0.5, 0.6) is 0 Å². The molecule has 1 aromatic carbocycles. The van der Waals surface area contributed by atoms with E-state index in [-0.39, 0.29) is 12.4 Å². The predicted molar refractivity (Wildman–Crippen MR) is 75.5 cm³/mol. The van der Waals surface area contributed by atoms with Crippen LogP contribution in [0, 0.1) is 5.82 Å². The molecule has 0 bridgehead atoms. The van der Waals surface area contributed by atoms with E-state index < -0.39 is 0 Å². The first-order chi connectivity index (χ1) is 9.22. The van der Waals surface area contributed by atoms with Gasteiger partial charge < -0.3 is 5.11 Å². The lowest BCUT2D eigenvalue weighted by atomic mass is 10.2. The highest BCUT2D eigenvalue weighted by Crippen LogP contribution is 2.24. The highest BCUT2D eigenvalue weighted by molar-refractivity contribution is 7.13. The minimum Gasteiger partial charge on any atom is -0.395 e. The number of nitrogens with zero attached hydrogens (tertiary/aromatic N) is 2. The third-order valence-corrected chi connectivity index (χ3v) is 3.83. The molecule has 0 amide bonds. The smallest absolute Gasteiger partial charge is 0.123 e. The van der Waals surface area contributed by atoms with E-state index in [1.54, 1.807) is 23.5 Å². The van der Waals surface area contributed by atoms with Crippen LogP contribution in [0.4, 0.5) is 4.39 Å². The van der Waals surface area contributed by atoms with Crippen LogP contribution in [-0.2, 0) is 6.54 Å². The third-order valence-electron chi connectivity index (χ3n) is 2.89. The van der Waals surface area contributed by atoms with Gasteiger partial charge in [0, 0.05) is 24.0 Å². The fraction of sp³-hybridized carbons (Fsp3) is 0.357. The molecule has 0 radical (unpaired) electrons. The first-order valence-corrected chi connectivity index (χ1v) is 7.14. The van der Waals surface area contributed by atoms with E-state index in [0.717, 1.165) is 29.4 Å². The van der Waals surface area contributed by atoms with Gasteiger partial charge >= 0.3 is 0 Å². The Hall–Kier alpha value is -1.30. The average Bonchev–Trinajstić information content (AvgIpc) is 2.87. The zero-order valence-corrected chi connectivity index (χ0v) is 11.7. The maximum atomic E-state index is 12.9. The SMILES string of the molecule is CCN(CCO)Cc1csc(-c2ccc(F)cc2)n1. The van der Waals surface area contributed by atoms with Crippen LogP contribution in [-0.4, -0.2) is 34.7 Å². The number of hydrogen-bond acceptors (Lipinski definition) is 4. The Bertz CT molecular complexity index is 512. The first kappa shape index (κ1) is 14.1. The summed E-state index contributed by atoms with van der Waals surface area (Å²) in [5, 5.41) is 11.9. The molecule has 0 aliphatic carbocycles. The quantitative estimate of drug-likeness (QED) is 0.884. The highest BCUT2D eigenvalue weighted by atomic mass is 32.1. The number of aromatic nitrogens is 1. The summed E-state index contributed by atoms with van der Waals surface area (Å²) in [7, 11) is 0. The average molecular weight is 280 g/mol. The molecule has 2 aromatic rings. The molecular weight excluding hydrogens is 263 g/mol. The lowest BCUT2D eigenvalue weighted by Crippen LogP contribution is -2.26. The van der Waals surface area contributed by atoms with E-state index in [1.807, 2.05) is 5.38 Å². The molecule has 1 N–H and O–H groups in total. The van der Waals surface area contributed by atoms with Gasteiger partial charge in [0.15, 0.2) is 0 Å². The lowest BCUT2D eigenvalue weighted by molar-refractivity contribution is 0.195. The number of likely N-dealkylation sites (N-methyl/N-ethyl adjacent to an activating group) is 1. The molecule has 102 valence electrons. The summed E-state index contributed by atoms with van der Waals surface area (Å²) in [4.78, 5) is 6.68. The minimum absolute atomic E-state index is 0.156. The van der Waals surface area contributed by atoms with Gasteiger partial charge in [0.2, 0.25) is 0 Å². The Morgan fingerprint density at radius 1 is 1.32 bits per heavy atom. The number of rotatable bonds is 6. The molecule has 0 unspecified atom stereocenters. The van der Waals surface area contributed by atoms with Gasteiger partial charge in [0.1, 0.15) is 10.8 Å². The fourth-order valence-corrected chi connectivity index (χ4v) is 2.64. The van der Waals surface area contributed by atoms with E-state index in [9.17, 15) is 4.39 Å². The molecule has 5 heteroatoms. The Labute approximate surface area is 116 Å². The molecule has 1 heterocycles. The predicted octanol–water partition coefficient (Wildman–Crippen LogP) is 2.76. The van der Waals surface area contributed by atoms with Gasteiger partial charge in [-0.05, 0) is 30.8 Å². The second kappa shape index (κ2) is 6.75. The maximum absolute atomic E-state index is 12.9. The Morgan fingerprint density at radius 3 is 2.68 bits per heavy atom. The van der Waals surface area contributed by atoms with E-state index in [1.165, 1.54) is 12.1 Å². The van der Waals surface area contributed by atoms with Gasteiger partial charge in [-0.3, -0.25) is 4.90 Å². The molecule has 0 saturated heterocycles. The first-order valence-electron chi connectivity index (χ1n) is 6.26. The fourth-order valence-electron chi connectivity index (χ4n) is 1.82. The molecule has 0 fully saturated rings. The lowest BCUT2D eigenvalue weighted by Gasteiger charge is -2.17. The van der Waals surface area contributed by atoms with E-state index in [2.05, 4.69) is 16.8 Å². The minimum atomic E-state index is -0.236. The van der Waals surface area contributed by atoms with Crippen molar-refractivity contribution in [1.82, 2.24) is 9.88 Å². The summed E-state index contributed by atoms with van der Waals surface area (Å²) in [6.07, 6.45) is 0. The Morgan fingerprint density at radius 2 is 2.05 bits per heavy atom. The van der Waals surface area contributed by atoms with Crippen LogP contribution in [0.3, 0.4) is 0 Å². The Kier molecular flexibility index (Phi) is 5.01. The maximum Gasteiger partial charge on any atom is 0.123 e. The number of thiazole rings is 1. The van der Waals surface area contributed by atoms with Gasteiger partial charge in [0.05, 0.1) is 12.3 Å². The number of aliphatic hydroxyl groups excluding tert-OH is 1. The number of aliphatic hydroxyl groups is 1. The normalized spacial score (nSPS) is 11.2. The van der Waals surface area contributed by atoms with Crippen molar-refractivity contribution < 1.29 is 9.50 Å². The second-order valence-corrected chi connectivity index (χ2v) is 5.10. The summed E-state index contributed by atoms with van der Waals surface area (Å²) >= 11 is 1.56. The van der Waals surface area contributed by atoms with Gasteiger partial charge in [-0.2, -0.15) is 0 Å². The van der Waals surface area contributed by atoms with Crippen LogP contribution in [0.25, 0.3) is 10.6 Å². The van der Waals surface area contributed by atoms with Crippen LogP contribution in [0.2, 0.25) is 0 Å². The number of halogens is 1. The topological polar surface area (TPSA) is 36.4 Å². The summed E-state index contributed by atoms with van der Waals surface area (Å²) < 4.78 is 12.9. The molecule has 1 aromatic heterocycles. The largest absolute Gasteiger partial charge is 0.395 e. The van der Waals surface area contributed by atoms with Crippen molar-refractivity contribution in [3.05, 3.63) is 41.2 Å². The van der Waals surface area contributed by atoms with Crippen molar-refractivity contribution in [1.29, 1.82) is 0 Å². The summed E-state index contributed by atoms with van der Waals surface area (Å²) in [5.74, 6) is -0.236. The van der Waals surface area contributed by atoms with Crippen LogP contribution < -0.4 is 0 Å². The van der Waals surface area contributed by atoms with Crippen molar-refractivity contribution in [2.75, 3.05) is 19.7 Å². The molecule has 0 saturated carbocycles. The standard InChI is InChI=1S/C14H17FN2OS/c1-2-17(7-8-18)9-13-10-19-14(16-13)11-3-5-12(15)6-4-11/h3-6,10,18H,2,7-9H2,1H3. The zero-order valence-electron chi connectivity index (χ0n) is 10.8. The van der Waals surface area contributed by atoms with Crippen LogP contribution >= 0.6 is 11.3 Å². The third kappa shape index (κ3) is 3.83. The molecular formula is C14H17FN2OS. The molecule has 3 nitrogen and oxygen atoms in total. The molecule has 0 aliphatic rings. The van der Waals surface area contributed by atoms with Gasteiger partial charge in [-0.15, -0.1) is 11.3 Å². The molecule has 0 spiro atoms. The molecule has 19 heavy (non-hydrogen) atoms. The summed E-state index contributed by atoms with van der Waals surface area (Å²) in [6, 6.07) is 6.37. The zero-order chi connectivity index (χ0) is 13.7. The van der Waals surface area contributed by atoms with Crippen molar-refractivity contribution >= 4 is 11.3 Å². The van der Waals surface area contributed by atoms with E-state index >= 15 is 0 Å². The second-order valence-electron chi connectivity index (χ2n) is 4.24. The molecule has 0 atom stereocenters. The number of hydrogen-bond donors (Lipinski definition) is 1. The van der Waals surface area contributed by atoms with Gasteiger partial charge in [0.25, 0.3) is 0 Å². The number of benzene rings is 1. The van der Waals surface area contributed by atoms with Crippen LogP contribution in [0.15, 0.2) is 29.6 Å². The van der Waals surface area contributed by atoms with Crippen LogP contribution in [0.1, 0.15) is 12.6 Å². The van der Waals surface area contributed by atoms with E-state index in [0.29, 0.717) is 6.54 Å². The summed E-state index contributed by atoms with van der Waals surface area (Å²) in [6.45, 7) is 4.48. The Balaban J connectivity index is 2.08. The van der Waals surface area contributed by atoms with Crippen molar-refractivity contribution in [2.24, 2.45) is 0 Å². The summed E-state index contributed by atoms with van der Waals surface area (Å²) in [5.41, 5.74) is 1.92. The monoisotopic (exact) mass is 280 g/mol. The molecule has 0 aliphatic heterocycles. The van der Waals surface area contributed by atoms with Crippen molar-refractivity contribution in [2.45, 2.75) is 13.5 Å². The van der Waals surface area contributed by atoms with Crippen molar-refractivity contribution in [3.8, 4) is 10.6 Å². The van der Waals surface area contributed by atoms with Crippen molar-refractivity contribution in [3.63, 3.8) is 0 Å².